The number of anilines is 2. The number of amides is 2. The number of hydrogen-bond acceptors (Lipinski definition) is 7. The molecule has 146 valence electrons. The second kappa shape index (κ2) is 6.98. The van der Waals surface area contributed by atoms with E-state index in [9.17, 15) is 9.59 Å². The number of carbonyl (C=O) groups excluding carboxylic acids is 2. The Bertz CT molecular complexity index is 1240. The molecule has 1 aliphatic carbocycles. The Balaban J connectivity index is 1.40. The second-order valence-corrected chi connectivity index (χ2v) is 7.95. The molecule has 29 heavy (non-hydrogen) atoms. The normalized spacial score (nSPS) is 13.6. The number of H-pyrrole nitrogens is 1. The summed E-state index contributed by atoms with van der Waals surface area (Å²) in [4.78, 5) is 29.0. The van der Waals surface area contributed by atoms with Gasteiger partial charge in [-0.3, -0.25) is 14.7 Å². The minimum Gasteiger partial charge on any atom is -0.363 e. The van der Waals surface area contributed by atoms with Crippen LogP contribution in [0, 0.1) is 5.92 Å². The smallest absolute Gasteiger partial charge is 0.262 e. The third-order valence-electron chi connectivity index (χ3n) is 4.47. The van der Waals surface area contributed by atoms with Crippen molar-refractivity contribution in [2.45, 2.75) is 12.8 Å². The number of rotatable bonds is 5. The zero-order chi connectivity index (χ0) is 20.0. The highest BCUT2D eigenvalue weighted by Crippen LogP contribution is 2.34. The zero-order valence-corrected chi connectivity index (χ0v) is 16.3. The van der Waals surface area contributed by atoms with Crippen LogP contribution < -0.4 is 10.6 Å². The molecule has 11 heteroatoms. The number of hydrogen-bond donors (Lipinski definition) is 3. The van der Waals surface area contributed by atoms with Crippen LogP contribution in [0.5, 0.6) is 0 Å². The Kier molecular flexibility index (Phi) is 4.29. The molecule has 4 aromatic rings. The highest BCUT2D eigenvalue weighted by atomic mass is 35.5. The summed E-state index contributed by atoms with van der Waals surface area (Å²) in [6, 6.07) is 7.05. The summed E-state index contributed by atoms with van der Waals surface area (Å²) in [5.41, 5.74) is 1.57. The van der Waals surface area contributed by atoms with Crippen molar-refractivity contribution in [3.05, 3.63) is 41.1 Å². The van der Waals surface area contributed by atoms with Gasteiger partial charge in [-0.25, -0.2) is 0 Å². The fourth-order valence-corrected chi connectivity index (χ4v) is 3.91. The Hall–Kier alpha value is -3.24. The van der Waals surface area contributed by atoms with Crippen LogP contribution >= 0.6 is 22.9 Å². The van der Waals surface area contributed by atoms with Crippen molar-refractivity contribution in [2.75, 3.05) is 10.6 Å². The predicted octanol–water partition coefficient (Wildman–Crippen LogP) is 3.93. The fraction of sp³-hybridized carbons (Fsp3) is 0.167. The van der Waals surface area contributed by atoms with E-state index in [1.807, 2.05) is 0 Å². The van der Waals surface area contributed by atoms with E-state index in [-0.39, 0.29) is 17.4 Å². The highest BCUT2D eigenvalue weighted by Gasteiger charge is 2.30. The number of nitrogens with one attached hydrogen (secondary N) is 3. The van der Waals surface area contributed by atoms with Gasteiger partial charge in [0.25, 0.3) is 5.91 Å². The van der Waals surface area contributed by atoms with Crippen LogP contribution in [0.4, 0.5) is 10.9 Å². The Labute approximate surface area is 172 Å². The summed E-state index contributed by atoms with van der Waals surface area (Å²) in [5, 5.41) is 17.2. The molecule has 3 aromatic heterocycles. The van der Waals surface area contributed by atoms with Crippen molar-refractivity contribution in [3.8, 4) is 11.3 Å². The van der Waals surface area contributed by atoms with Gasteiger partial charge in [0.2, 0.25) is 5.91 Å². The van der Waals surface area contributed by atoms with Crippen molar-refractivity contribution in [2.24, 2.45) is 5.92 Å². The second-order valence-electron chi connectivity index (χ2n) is 6.54. The van der Waals surface area contributed by atoms with Gasteiger partial charge in [-0.1, -0.05) is 46.3 Å². The summed E-state index contributed by atoms with van der Waals surface area (Å²) >= 11 is 7.45. The number of aromatic nitrogens is 4. The number of fused-ring (bicyclic) bond motifs is 1. The molecule has 0 aliphatic heterocycles. The molecular weight excluding hydrogens is 416 g/mol. The maximum atomic E-state index is 12.8. The van der Waals surface area contributed by atoms with Crippen LogP contribution in [-0.2, 0) is 4.79 Å². The lowest BCUT2D eigenvalue weighted by Gasteiger charge is -2.04. The number of halogens is 1. The van der Waals surface area contributed by atoms with Crippen molar-refractivity contribution < 1.29 is 14.1 Å². The van der Waals surface area contributed by atoms with E-state index >= 15 is 0 Å². The summed E-state index contributed by atoms with van der Waals surface area (Å²) in [5.74, 6) is -0.0296. The molecule has 0 bridgehead atoms. The molecule has 1 aliphatic rings. The number of thiazole rings is 1. The maximum Gasteiger partial charge on any atom is 0.262 e. The van der Waals surface area contributed by atoms with Gasteiger partial charge >= 0.3 is 0 Å². The first-order chi connectivity index (χ1) is 14.1. The molecule has 1 saturated carbocycles. The molecular formula is C18H13ClN6O3S. The van der Waals surface area contributed by atoms with Gasteiger partial charge in [-0.05, 0) is 18.9 Å². The van der Waals surface area contributed by atoms with E-state index in [1.165, 1.54) is 17.6 Å². The third-order valence-corrected chi connectivity index (χ3v) is 5.78. The Morgan fingerprint density at radius 2 is 2.07 bits per heavy atom. The maximum absolute atomic E-state index is 12.8. The standard InChI is InChI=1S/C18H13ClN6O3S/c19-11-4-2-1-3-9(11)12-10(7-28-25-12)17(27)20-14-13-15(24-23-14)21-18(29-13)22-16(26)8-5-6-8/h1-4,7-8H,5-6H2,(H3,20,21,22,23,24,26,27). The van der Waals surface area contributed by atoms with Gasteiger partial charge in [0.05, 0.1) is 5.02 Å². The van der Waals surface area contributed by atoms with Crippen LogP contribution in [0.2, 0.25) is 5.02 Å². The average molecular weight is 429 g/mol. The fourth-order valence-electron chi connectivity index (χ4n) is 2.83. The summed E-state index contributed by atoms with van der Waals surface area (Å²) in [6.07, 6.45) is 3.07. The van der Waals surface area contributed by atoms with E-state index in [4.69, 9.17) is 16.1 Å². The number of nitrogens with zero attached hydrogens (tertiary/aromatic N) is 3. The van der Waals surface area contributed by atoms with Crippen LogP contribution in [0.25, 0.3) is 21.6 Å². The lowest BCUT2D eigenvalue weighted by molar-refractivity contribution is -0.117. The predicted molar refractivity (Wildman–Crippen MR) is 108 cm³/mol. The Morgan fingerprint density at radius 1 is 1.24 bits per heavy atom. The number of benzene rings is 1. The molecule has 1 aromatic carbocycles. The van der Waals surface area contributed by atoms with Crippen LogP contribution in [-0.4, -0.2) is 32.2 Å². The molecule has 0 spiro atoms. The first-order valence-corrected chi connectivity index (χ1v) is 9.96. The van der Waals surface area contributed by atoms with Gasteiger partial charge < -0.3 is 15.2 Å². The minimum absolute atomic E-state index is 0.0372. The third kappa shape index (κ3) is 3.36. The lowest BCUT2D eigenvalue weighted by Crippen LogP contribution is -2.13. The lowest BCUT2D eigenvalue weighted by atomic mass is 10.1. The molecule has 3 N–H and O–H groups in total. The first-order valence-electron chi connectivity index (χ1n) is 8.76. The van der Waals surface area contributed by atoms with E-state index in [2.05, 4.69) is 31.0 Å². The van der Waals surface area contributed by atoms with Gasteiger partial charge in [0.15, 0.2) is 10.8 Å². The molecule has 9 nitrogen and oxygen atoms in total. The summed E-state index contributed by atoms with van der Waals surface area (Å²) in [6.45, 7) is 0. The molecule has 0 saturated heterocycles. The van der Waals surface area contributed by atoms with E-state index in [0.29, 0.717) is 37.6 Å². The molecule has 5 rings (SSSR count). The van der Waals surface area contributed by atoms with Gasteiger partial charge in [0, 0.05) is 11.5 Å². The summed E-state index contributed by atoms with van der Waals surface area (Å²) < 4.78 is 5.63. The van der Waals surface area contributed by atoms with Crippen molar-refractivity contribution in [1.29, 1.82) is 0 Å². The van der Waals surface area contributed by atoms with Crippen LogP contribution in [0.15, 0.2) is 35.1 Å². The molecule has 2 amide bonds. The average Bonchev–Trinajstić information content (AvgIpc) is 3.14. The van der Waals surface area contributed by atoms with E-state index in [1.54, 1.807) is 24.3 Å². The minimum atomic E-state index is -0.441. The number of aromatic amines is 1. The molecule has 0 atom stereocenters. The van der Waals surface area contributed by atoms with Gasteiger partial charge in [-0.15, -0.1) is 0 Å². The quantitative estimate of drug-likeness (QED) is 0.442. The zero-order valence-electron chi connectivity index (χ0n) is 14.7. The van der Waals surface area contributed by atoms with Gasteiger partial charge in [-0.2, -0.15) is 10.1 Å². The largest absolute Gasteiger partial charge is 0.363 e. The SMILES string of the molecule is O=C(Nc1[nH]nc2nc(NC(=O)C3CC3)sc12)c1conc1-c1ccccc1Cl. The van der Waals surface area contributed by atoms with Crippen molar-refractivity contribution in [3.63, 3.8) is 0 Å². The monoisotopic (exact) mass is 428 g/mol. The van der Waals surface area contributed by atoms with E-state index in [0.717, 1.165) is 12.8 Å². The van der Waals surface area contributed by atoms with Crippen LogP contribution in [0.3, 0.4) is 0 Å². The Morgan fingerprint density at radius 3 is 2.86 bits per heavy atom. The first kappa shape index (κ1) is 17.8. The van der Waals surface area contributed by atoms with E-state index < -0.39 is 5.91 Å². The van der Waals surface area contributed by atoms with Gasteiger partial charge in [0.1, 0.15) is 28.0 Å². The van der Waals surface area contributed by atoms with Crippen LogP contribution in [0.1, 0.15) is 23.2 Å². The van der Waals surface area contributed by atoms with Crippen molar-refractivity contribution in [1.82, 2.24) is 20.3 Å². The molecule has 1 fully saturated rings. The molecule has 0 radical (unpaired) electrons. The topological polar surface area (TPSA) is 126 Å². The molecule has 0 unspecified atom stereocenters. The summed E-state index contributed by atoms with van der Waals surface area (Å²) in [7, 11) is 0. The highest BCUT2D eigenvalue weighted by molar-refractivity contribution is 7.22. The number of carbonyl (C=O) groups is 2. The molecule has 3 heterocycles. The van der Waals surface area contributed by atoms with Crippen molar-refractivity contribution >= 4 is 56.0 Å².